The fraction of sp³-hybridized carbons (Fsp3) is 0.500. The van der Waals surface area contributed by atoms with Gasteiger partial charge in [0.25, 0.3) is 0 Å². The molecule has 0 aliphatic carbocycles. The molecule has 1 unspecified atom stereocenters. The number of carbonyl (C=O) groups excluding carboxylic acids is 1. The smallest absolute Gasteiger partial charge is 0.326 e. The summed E-state index contributed by atoms with van der Waals surface area (Å²) < 4.78 is 37.8. The molecule has 2 rings (SSSR count). The monoisotopic (exact) mass is 286 g/mol. The van der Waals surface area contributed by atoms with E-state index in [0.717, 1.165) is 31.5 Å². The minimum atomic E-state index is -4.41. The van der Waals surface area contributed by atoms with Crippen molar-refractivity contribution in [2.24, 2.45) is 5.41 Å². The van der Waals surface area contributed by atoms with Gasteiger partial charge in [-0.05, 0) is 44.5 Å². The molecule has 6 heteroatoms. The molecular formula is C14H17F3N2O. The standard InChI is InChI=1S/C14H17F3N2O/c1-13(6-3-7-18-9-13)12(20)19-11-5-2-4-10(8-11)14(15,16)17/h2,4-5,8,18H,3,6-7,9H2,1H3,(H,19,20). The minimum absolute atomic E-state index is 0.177. The first kappa shape index (κ1) is 14.8. The molecule has 1 saturated heterocycles. The van der Waals surface area contributed by atoms with Gasteiger partial charge in [0.05, 0.1) is 11.0 Å². The van der Waals surface area contributed by atoms with Gasteiger partial charge in [-0.1, -0.05) is 6.07 Å². The Kier molecular flexibility index (Phi) is 4.04. The van der Waals surface area contributed by atoms with Gasteiger partial charge in [-0.25, -0.2) is 0 Å². The zero-order valence-electron chi connectivity index (χ0n) is 11.2. The number of benzene rings is 1. The molecule has 0 spiro atoms. The summed E-state index contributed by atoms with van der Waals surface area (Å²) in [7, 11) is 0. The number of amides is 1. The molecule has 1 aromatic carbocycles. The van der Waals surface area contributed by atoms with Crippen LogP contribution in [0.4, 0.5) is 18.9 Å². The molecule has 3 nitrogen and oxygen atoms in total. The van der Waals surface area contributed by atoms with Crippen LogP contribution in [-0.2, 0) is 11.0 Å². The Balaban J connectivity index is 2.12. The van der Waals surface area contributed by atoms with E-state index in [1.165, 1.54) is 12.1 Å². The zero-order chi connectivity index (χ0) is 14.8. The van der Waals surface area contributed by atoms with Crippen molar-refractivity contribution < 1.29 is 18.0 Å². The third kappa shape index (κ3) is 3.30. The van der Waals surface area contributed by atoms with E-state index >= 15 is 0 Å². The molecule has 0 bridgehead atoms. The number of hydrogen-bond acceptors (Lipinski definition) is 2. The van der Waals surface area contributed by atoms with Crippen LogP contribution in [0.2, 0.25) is 0 Å². The second kappa shape index (κ2) is 5.44. The van der Waals surface area contributed by atoms with Crippen molar-refractivity contribution in [2.75, 3.05) is 18.4 Å². The van der Waals surface area contributed by atoms with E-state index in [-0.39, 0.29) is 11.6 Å². The summed E-state index contributed by atoms with van der Waals surface area (Å²) in [5.74, 6) is -0.246. The van der Waals surface area contributed by atoms with Crippen LogP contribution in [0.5, 0.6) is 0 Å². The molecule has 0 radical (unpaired) electrons. The number of halogens is 3. The van der Waals surface area contributed by atoms with Gasteiger partial charge >= 0.3 is 6.18 Å². The lowest BCUT2D eigenvalue weighted by atomic mass is 9.82. The minimum Gasteiger partial charge on any atom is -0.326 e. The van der Waals surface area contributed by atoms with Crippen LogP contribution >= 0.6 is 0 Å². The lowest BCUT2D eigenvalue weighted by Gasteiger charge is -2.32. The van der Waals surface area contributed by atoms with E-state index in [0.29, 0.717) is 6.54 Å². The van der Waals surface area contributed by atoms with Gasteiger partial charge in [0.15, 0.2) is 0 Å². The van der Waals surface area contributed by atoms with Crippen LogP contribution in [0.25, 0.3) is 0 Å². The second-order valence-corrected chi connectivity index (χ2v) is 5.37. The van der Waals surface area contributed by atoms with Gasteiger partial charge in [-0.3, -0.25) is 4.79 Å². The summed E-state index contributed by atoms with van der Waals surface area (Å²) in [6.07, 6.45) is -2.80. The van der Waals surface area contributed by atoms with E-state index in [4.69, 9.17) is 0 Å². The number of anilines is 1. The number of nitrogens with one attached hydrogen (secondary N) is 2. The predicted octanol–water partition coefficient (Wildman–Crippen LogP) is 3.03. The molecule has 1 fully saturated rings. The summed E-state index contributed by atoms with van der Waals surface area (Å²) in [5.41, 5.74) is -1.16. The summed E-state index contributed by atoms with van der Waals surface area (Å²) in [4.78, 5) is 12.2. The van der Waals surface area contributed by atoms with Gasteiger partial charge in [-0.2, -0.15) is 13.2 Å². The molecule has 1 aromatic rings. The van der Waals surface area contributed by atoms with Crippen LogP contribution in [-0.4, -0.2) is 19.0 Å². The molecular weight excluding hydrogens is 269 g/mol. The van der Waals surface area contributed by atoms with E-state index in [1.54, 1.807) is 0 Å². The molecule has 1 amide bonds. The third-order valence-corrected chi connectivity index (χ3v) is 3.59. The zero-order valence-corrected chi connectivity index (χ0v) is 11.2. The number of carbonyl (C=O) groups is 1. The highest BCUT2D eigenvalue weighted by molar-refractivity contribution is 5.95. The maximum atomic E-state index is 12.6. The van der Waals surface area contributed by atoms with Crippen molar-refractivity contribution in [3.63, 3.8) is 0 Å². The topological polar surface area (TPSA) is 41.1 Å². The first-order chi connectivity index (χ1) is 9.31. The highest BCUT2D eigenvalue weighted by Crippen LogP contribution is 2.32. The van der Waals surface area contributed by atoms with E-state index < -0.39 is 17.2 Å². The number of hydrogen-bond donors (Lipinski definition) is 2. The van der Waals surface area contributed by atoms with Crippen LogP contribution in [0.15, 0.2) is 24.3 Å². The van der Waals surface area contributed by atoms with Crippen molar-refractivity contribution in [3.05, 3.63) is 29.8 Å². The Hall–Kier alpha value is -1.56. The van der Waals surface area contributed by atoms with E-state index in [2.05, 4.69) is 10.6 Å². The van der Waals surface area contributed by atoms with Gasteiger partial charge in [-0.15, -0.1) is 0 Å². The van der Waals surface area contributed by atoms with Crippen LogP contribution < -0.4 is 10.6 Å². The summed E-state index contributed by atoms with van der Waals surface area (Å²) >= 11 is 0. The highest BCUT2D eigenvalue weighted by atomic mass is 19.4. The molecule has 1 heterocycles. The van der Waals surface area contributed by atoms with Gasteiger partial charge < -0.3 is 10.6 Å². The van der Waals surface area contributed by atoms with Crippen LogP contribution in [0.3, 0.4) is 0 Å². The second-order valence-electron chi connectivity index (χ2n) is 5.37. The SMILES string of the molecule is CC1(C(=O)Nc2cccc(C(F)(F)F)c2)CCCNC1. The summed E-state index contributed by atoms with van der Waals surface area (Å²) in [6.45, 7) is 3.23. The number of piperidine rings is 1. The summed E-state index contributed by atoms with van der Waals surface area (Å²) in [5, 5.41) is 5.72. The Labute approximate surface area is 115 Å². The lowest BCUT2D eigenvalue weighted by molar-refractivity contribution is -0.137. The normalized spacial score (nSPS) is 23.4. The summed E-state index contributed by atoms with van der Waals surface area (Å²) in [6, 6.07) is 4.70. The lowest BCUT2D eigenvalue weighted by Crippen LogP contribution is -2.46. The highest BCUT2D eigenvalue weighted by Gasteiger charge is 2.35. The van der Waals surface area contributed by atoms with Crippen molar-refractivity contribution in [1.82, 2.24) is 5.32 Å². The maximum absolute atomic E-state index is 12.6. The third-order valence-electron chi connectivity index (χ3n) is 3.59. The average Bonchev–Trinajstić information content (AvgIpc) is 2.39. The van der Waals surface area contributed by atoms with Gasteiger partial charge in [0.2, 0.25) is 5.91 Å². The molecule has 1 aliphatic rings. The van der Waals surface area contributed by atoms with Crippen molar-refractivity contribution >= 4 is 11.6 Å². The van der Waals surface area contributed by atoms with E-state index in [9.17, 15) is 18.0 Å². The quantitative estimate of drug-likeness (QED) is 0.877. The Morgan fingerprint density at radius 3 is 2.75 bits per heavy atom. The Bertz CT molecular complexity index is 493. The first-order valence-corrected chi connectivity index (χ1v) is 6.51. The van der Waals surface area contributed by atoms with E-state index in [1.807, 2.05) is 6.92 Å². The van der Waals surface area contributed by atoms with Gasteiger partial charge in [0.1, 0.15) is 0 Å². The molecule has 1 atom stereocenters. The fourth-order valence-corrected chi connectivity index (χ4v) is 2.31. The maximum Gasteiger partial charge on any atom is 0.416 e. The molecule has 0 saturated carbocycles. The molecule has 110 valence electrons. The molecule has 2 N–H and O–H groups in total. The fourth-order valence-electron chi connectivity index (χ4n) is 2.31. The van der Waals surface area contributed by atoms with Crippen molar-refractivity contribution in [1.29, 1.82) is 0 Å². The van der Waals surface area contributed by atoms with Crippen molar-refractivity contribution in [2.45, 2.75) is 25.9 Å². The van der Waals surface area contributed by atoms with Crippen LogP contribution in [0.1, 0.15) is 25.3 Å². The number of alkyl halides is 3. The Morgan fingerprint density at radius 2 is 2.15 bits per heavy atom. The first-order valence-electron chi connectivity index (χ1n) is 6.51. The number of rotatable bonds is 2. The molecule has 1 aliphatic heterocycles. The van der Waals surface area contributed by atoms with Crippen molar-refractivity contribution in [3.8, 4) is 0 Å². The average molecular weight is 286 g/mol. The van der Waals surface area contributed by atoms with Gasteiger partial charge in [0, 0.05) is 12.2 Å². The molecule has 20 heavy (non-hydrogen) atoms. The largest absolute Gasteiger partial charge is 0.416 e. The Morgan fingerprint density at radius 1 is 1.40 bits per heavy atom. The predicted molar refractivity (Wildman–Crippen MR) is 70.3 cm³/mol. The van der Waals surface area contributed by atoms with Crippen LogP contribution in [0, 0.1) is 5.41 Å². The molecule has 0 aromatic heterocycles.